The maximum atomic E-state index is 12.5. The van der Waals surface area contributed by atoms with Gasteiger partial charge in [-0.1, -0.05) is 60.1 Å². The van der Waals surface area contributed by atoms with Crippen LogP contribution in [0.5, 0.6) is 0 Å². The standard InChI is InChI=1S/C20H23ClN2O3/c1-15(22)13-19(24)23(12-11-17-9-5-6-10-18(17)21)20(25)26-14-16-7-3-2-4-8-16/h2-10,15H,11-14,22H2,1H3. The molecule has 0 radical (unpaired) electrons. The molecule has 0 bridgehead atoms. The maximum absolute atomic E-state index is 12.5. The van der Waals surface area contributed by atoms with Gasteiger partial charge in [0.05, 0.1) is 0 Å². The summed E-state index contributed by atoms with van der Waals surface area (Å²) in [6, 6.07) is 16.3. The van der Waals surface area contributed by atoms with Gasteiger partial charge in [0.2, 0.25) is 5.91 Å². The van der Waals surface area contributed by atoms with Crippen LogP contribution in [0.3, 0.4) is 0 Å². The molecule has 6 heteroatoms. The summed E-state index contributed by atoms with van der Waals surface area (Å²) in [5, 5.41) is 0.602. The molecule has 138 valence electrons. The molecular formula is C20H23ClN2O3. The molecule has 1 atom stereocenters. The van der Waals surface area contributed by atoms with E-state index in [4.69, 9.17) is 22.1 Å². The molecule has 0 aliphatic rings. The van der Waals surface area contributed by atoms with Crippen LogP contribution in [0, 0.1) is 0 Å². The number of ether oxygens (including phenoxy) is 1. The van der Waals surface area contributed by atoms with Gasteiger partial charge in [-0.25, -0.2) is 9.69 Å². The zero-order valence-corrected chi connectivity index (χ0v) is 15.5. The Kier molecular flexibility index (Phi) is 7.63. The summed E-state index contributed by atoms with van der Waals surface area (Å²) in [6.07, 6.45) is -0.153. The predicted molar refractivity (Wildman–Crippen MR) is 102 cm³/mol. The van der Waals surface area contributed by atoms with Gasteiger partial charge in [-0.15, -0.1) is 0 Å². The average molecular weight is 375 g/mol. The van der Waals surface area contributed by atoms with E-state index >= 15 is 0 Å². The molecule has 2 aromatic carbocycles. The van der Waals surface area contributed by atoms with Crippen molar-refractivity contribution < 1.29 is 14.3 Å². The van der Waals surface area contributed by atoms with E-state index in [1.54, 1.807) is 13.0 Å². The summed E-state index contributed by atoms with van der Waals surface area (Å²) < 4.78 is 5.30. The molecule has 0 saturated carbocycles. The number of carbonyl (C=O) groups is 2. The molecule has 0 spiro atoms. The summed E-state index contributed by atoms with van der Waals surface area (Å²) in [5.74, 6) is -0.356. The van der Waals surface area contributed by atoms with Gasteiger partial charge in [0.15, 0.2) is 0 Å². The number of nitrogens with two attached hydrogens (primary N) is 1. The Labute approximate surface area is 158 Å². The lowest BCUT2D eigenvalue weighted by atomic mass is 10.1. The highest BCUT2D eigenvalue weighted by molar-refractivity contribution is 6.31. The monoisotopic (exact) mass is 374 g/mol. The molecule has 2 aromatic rings. The van der Waals surface area contributed by atoms with E-state index < -0.39 is 6.09 Å². The highest BCUT2D eigenvalue weighted by Crippen LogP contribution is 2.16. The lowest BCUT2D eigenvalue weighted by Crippen LogP contribution is -2.41. The second kappa shape index (κ2) is 9.94. The Balaban J connectivity index is 2.03. The number of halogens is 1. The molecule has 1 unspecified atom stereocenters. The number of imide groups is 1. The van der Waals surface area contributed by atoms with Crippen molar-refractivity contribution >= 4 is 23.6 Å². The molecule has 26 heavy (non-hydrogen) atoms. The van der Waals surface area contributed by atoms with Gasteiger partial charge in [-0.3, -0.25) is 4.79 Å². The molecule has 0 aliphatic carbocycles. The van der Waals surface area contributed by atoms with Crippen molar-refractivity contribution in [1.82, 2.24) is 4.90 Å². The largest absolute Gasteiger partial charge is 0.444 e. The van der Waals surface area contributed by atoms with Gasteiger partial charge in [-0.2, -0.15) is 0 Å². The molecule has 0 aliphatic heterocycles. The number of carbonyl (C=O) groups excluding carboxylic acids is 2. The van der Waals surface area contributed by atoms with Crippen molar-refractivity contribution in [3.8, 4) is 0 Å². The first-order chi connectivity index (χ1) is 12.5. The molecule has 0 fully saturated rings. The van der Waals surface area contributed by atoms with Crippen molar-refractivity contribution in [2.24, 2.45) is 5.73 Å². The van der Waals surface area contributed by atoms with Crippen LogP contribution in [0.4, 0.5) is 4.79 Å². The molecule has 0 heterocycles. The Morgan fingerprint density at radius 2 is 1.77 bits per heavy atom. The Morgan fingerprint density at radius 1 is 1.12 bits per heavy atom. The number of rotatable bonds is 7. The Morgan fingerprint density at radius 3 is 2.42 bits per heavy atom. The molecule has 0 saturated heterocycles. The number of amides is 2. The first-order valence-corrected chi connectivity index (χ1v) is 8.85. The third-order valence-electron chi connectivity index (χ3n) is 3.79. The summed E-state index contributed by atoms with van der Waals surface area (Å²) >= 11 is 6.15. The second-order valence-electron chi connectivity index (χ2n) is 6.11. The van der Waals surface area contributed by atoms with Crippen LogP contribution in [0.1, 0.15) is 24.5 Å². The summed E-state index contributed by atoms with van der Waals surface area (Å²) in [4.78, 5) is 26.0. The lowest BCUT2D eigenvalue weighted by Gasteiger charge is -2.21. The molecule has 2 amide bonds. The minimum atomic E-state index is -0.674. The van der Waals surface area contributed by atoms with E-state index in [9.17, 15) is 9.59 Å². The van der Waals surface area contributed by atoms with Crippen LogP contribution in [0.2, 0.25) is 5.02 Å². The van der Waals surface area contributed by atoms with Gasteiger partial charge < -0.3 is 10.5 Å². The van der Waals surface area contributed by atoms with Crippen molar-refractivity contribution in [3.05, 3.63) is 70.7 Å². The predicted octanol–water partition coefficient (Wildman–Crippen LogP) is 3.79. The molecular weight excluding hydrogens is 352 g/mol. The topological polar surface area (TPSA) is 72.6 Å². The highest BCUT2D eigenvalue weighted by Gasteiger charge is 2.23. The zero-order valence-electron chi connectivity index (χ0n) is 14.7. The summed E-state index contributed by atoms with van der Waals surface area (Å²) in [6.45, 7) is 2.01. The van der Waals surface area contributed by atoms with Crippen LogP contribution < -0.4 is 5.73 Å². The number of nitrogens with zero attached hydrogens (tertiary/aromatic N) is 1. The quantitative estimate of drug-likeness (QED) is 0.800. The third-order valence-corrected chi connectivity index (χ3v) is 4.15. The first kappa shape index (κ1) is 19.9. The van der Waals surface area contributed by atoms with E-state index in [2.05, 4.69) is 0 Å². The fourth-order valence-electron chi connectivity index (χ4n) is 2.43. The van der Waals surface area contributed by atoms with Crippen molar-refractivity contribution in [1.29, 1.82) is 0 Å². The molecule has 0 aromatic heterocycles. The van der Waals surface area contributed by atoms with Gasteiger partial charge >= 0.3 is 6.09 Å². The molecule has 2 rings (SSSR count). The Bertz CT molecular complexity index is 735. The third kappa shape index (κ3) is 6.17. The van der Waals surface area contributed by atoms with Crippen LogP contribution >= 0.6 is 11.6 Å². The van der Waals surface area contributed by atoms with E-state index in [1.807, 2.05) is 48.5 Å². The summed E-state index contributed by atoms with van der Waals surface area (Å²) in [5.41, 5.74) is 7.42. The minimum absolute atomic E-state index is 0.0724. The van der Waals surface area contributed by atoms with Crippen LogP contribution in [-0.2, 0) is 22.6 Å². The average Bonchev–Trinajstić information content (AvgIpc) is 2.62. The number of hydrogen-bond donors (Lipinski definition) is 1. The van der Waals surface area contributed by atoms with Gasteiger partial charge in [0.25, 0.3) is 0 Å². The highest BCUT2D eigenvalue weighted by atomic mass is 35.5. The van der Waals surface area contributed by atoms with Gasteiger partial charge in [0, 0.05) is 24.0 Å². The van der Waals surface area contributed by atoms with Crippen LogP contribution in [0.15, 0.2) is 54.6 Å². The van der Waals surface area contributed by atoms with Crippen LogP contribution in [0.25, 0.3) is 0 Å². The lowest BCUT2D eigenvalue weighted by molar-refractivity contribution is -0.129. The van der Waals surface area contributed by atoms with E-state index in [1.165, 1.54) is 0 Å². The van der Waals surface area contributed by atoms with Gasteiger partial charge in [0.1, 0.15) is 6.61 Å². The summed E-state index contributed by atoms with van der Waals surface area (Å²) in [7, 11) is 0. The number of benzene rings is 2. The first-order valence-electron chi connectivity index (χ1n) is 8.47. The Hall–Kier alpha value is -2.37. The second-order valence-corrected chi connectivity index (χ2v) is 6.52. The zero-order chi connectivity index (χ0) is 18.9. The smallest absolute Gasteiger partial charge is 0.416 e. The van der Waals surface area contributed by atoms with Crippen molar-refractivity contribution in [2.45, 2.75) is 32.4 Å². The van der Waals surface area contributed by atoms with E-state index in [-0.39, 0.29) is 31.5 Å². The van der Waals surface area contributed by atoms with E-state index in [0.717, 1.165) is 16.0 Å². The van der Waals surface area contributed by atoms with Crippen molar-refractivity contribution in [3.63, 3.8) is 0 Å². The van der Waals surface area contributed by atoms with Gasteiger partial charge in [-0.05, 0) is 30.5 Å². The van der Waals surface area contributed by atoms with Crippen molar-refractivity contribution in [2.75, 3.05) is 6.54 Å². The molecule has 2 N–H and O–H groups in total. The SMILES string of the molecule is CC(N)CC(=O)N(CCc1ccccc1Cl)C(=O)OCc1ccccc1. The fraction of sp³-hybridized carbons (Fsp3) is 0.300. The maximum Gasteiger partial charge on any atom is 0.416 e. The normalized spacial score (nSPS) is 11.7. The minimum Gasteiger partial charge on any atom is -0.444 e. The fourth-order valence-corrected chi connectivity index (χ4v) is 2.66. The van der Waals surface area contributed by atoms with E-state index in [0.29, 0.717) is 11.4 Å². The number of hydrogen-bond acceptors (Lipinski definition) is 4. The molecule has 5 nitrogen and oxygen atoms in total. The van der Waals surface area contributed by atoms with Crippen LogP contribution in [-0.4, -0.2) is 29.5 Å².